The lowest BCUT2D eigenvalue weighted by atomic mass is 9.79. The Morgan fingerprint density at radius 1 is 1.33 bits per heavy atom. The first kappa shape index (κ1) is 13.0. The van der Waals surface area contributed by atoms with E-state index < -0.39 is 5.60 Å². The van der Waals surface area contributed by atoms with Crippen molar-refractivity contribution in [1.29, 1.82) is 0 Å². The molecule has 2 atom stereocenters. The van der Waals surface area contributed by atoms with Gasteiger partial charge in [-0.15, -0.1) is 0 Å². The Labute approximate surface area is 94.5 Å². The summed E-state index contributed by atoms with van der Waals surface area (Å²) in [4.78, 5) is 0. The third-order valence-electron chi connectivity index (χ3n) is 3.48. The molecule has 1 aliphatic rings. The Balaban J connectivity index is 2.30. The molecule has 0 aromatic rings. The van der Waals surface area contributed by atoms with Gasteiger partial charge in [-0.3, -0.25) is 0 Å². The van der Waals surface area contributed by atoms with Gasteiger partial charge in [-0.05, 0) is 38.5 Å². The molecule has 1 fully saturated rings. The van der Waals surface area contributed by atoms with Crippen LogP contribution in [0.5, 0.6) is 0 Å². The number of aliphatic hydroxyl groups is 1. The van der Waals surface area contributed by atoms with Gasteiger partial charge < -0.3 is 10.4 Å². The number of nitrogens with one attached hydrogen (secondary N) is 1. The number of rotatable bonds is 4. The first-order valence-corrected chi connectivity index (χ1v) is 6.34. The maximum absolute atomic E-state index is 9.66. The minimum absolute atomic E-state index is 0.579. The highest BCUT2D eigenvalue weighted by Crippen LogP contribution is 2.29. The van der Waals surface area contributed by atoms with Crippen LogP contribution >= 0.6 is 0 Å². The van der Waals surface area contributed by atoms with Gasteiger partial charge in [0.25, 0.3) is 0 Å². The largest absolute Gasteiger partial charge is 0.389 e. The molecule has 0 aromatic heterocycles. The van der Waals surface area contributed by atoms with Crippen LogP contribution in [0.4, 0.5) is 0 Å². The highest BCUT2D eigenvalue weighted by Gasteiger charge is 2.25. The predicted octanol–water partition coefficient (Wildman–Crippen LogP) is 2.56. The molecule has 0 aromatic carbocycles. The van der Waals surface area contributed by atoms with Gasteiger partial charge in [-0.25, -0.2) is 0 Å². The van der Waals surface area contributed by atoms with Crippen LogP contribution in [0.25, 0.3) is 0 Å². The summed E-state index contributed by atoms with van der Waals surface area (Å²) in [6, 6.07) is 0.623. The molecule has 1 rings (SSSR count). The maximum atomic E-state index is 9.66. The van der Waals surface area contributed by atoms with Crippen molar-refractivity contribution >= 4 is 0 Å². The number of hydrogen-bond acceptors (Lipinski definition) is 2. The van der Waals surface area contributed by atoms with Crippen LogP contribution in [-0.2, 0) is 0 Å². The molecule has 15 heavy (non-hydrogen) atoms. The van der Waals surface area contributed by atoms with E-state index in [1.165, 1.54) is 25.7 Å². The van der Waals surface area contributed by atoms with Gasteiger partial charge in [0, 0.05) is 12.6 Å². The monoisotopic (exact) mass is 213 g/mol. The van der Waals surface area contributed by atoms with Crippen molar-refractivity contribution in [2.75, 3.05) is 6.54 Å². The molecule has 2 heteroatoms. The van der Waals surface area contributed by atoms with Crippen LogP contribution in [0, 0.1) is 11.8 Å². The second-order valence-corrected chi connectivity index (χ2v) is 6.06. The third kappa shape index (κ3) is 4.98. The second kappa shape index (κ2) is 5.31. The standard InChI is InChI=1S/C13H27NO/c1-10(2)11-6-5-7-12(8-11)14-9-13(3,4)15/h10-12,14-15H,5-9H2,1-4H3. The smallest absolute Gasteiger partial charge is 0.0715 e. The SMILES string of the molecule is CC(C)C1CCCC(NCC(C)(C)O)C1. The Morgan fingerprint density at radius 2 is 2.00 bits per heavy atom. The van der Waals surface area contributed by atoms with Crippen LogP contribution in [0.15, 0.2) is 0 Å². The molecule has 2 nitrogen and oxygen atoms in total. The van der Waals surface area contributed by atoms with Crippen LogP contribution in [-0.4, -0.2) is 23.3 Å². The predicted molar refractivity (Wildman–Crippen MR) is 64.9 cm³/mol. The molecule has 2 unspecified atom stereocenters. The molecular formula is C13H27NO. The summed E-state index contributed by atoms with van der Waals surface area (Å²) in [5.41, 5.74) is -0.579. The van der Waals surface area contributed by atoms with E-state index >= 15 is 0 Å². The van der Waals surface area contributed by atoms with Crippen molar-refractivity contribution in [3.8, 4) is 0 Å². The Hall–Kier alpha value is -0.0800. The van der Waals surface area contributed by atoms with E-state index in [1.807, 2.05) is 13.8 Å². The summed E-state index contributed by atoms with van der Waals surface area (Å²) < 4.78 is 0. The topological polar surface area (TPSA) is 32.3 Å². The molecule has 0 aliphatic heterocycles. The molecule has 2 N–H and O–H groups in total. The molecule has 0 amide bonds. The quantitative estimate of drug-likeness (QED) is 0.752. The van der Waals surface area contributed by atoms with Crippen LogP contribution in [0.3, 0.4) is 0 Å². The molecule has 0 saturated heterocycles. The molecule has 1 aliphatic carbocycles. The zero-order chi connectivity index (χ0) is 11.5. The summed E-state index contributed by atoms with van der Waals surface area (Å²) in [6.45, 7) is 9.08. The minimum atomic E-state index is -0.579. The van der Waals surface area contributed by atoms with Crippen molar-refractivity contribution in [3.05, 3.63) is 0 Å². The second-order valence-electron chi connectivity index (χ2n) is 6.06. The lowest BCUT2D eigenvalue weighted by Crippen LogP contribution is -2.43. The zero-order valence-electron chi connectivity index (χ0n) is 10.7. The highest BCUT2D eigenvalue weighted by atomic mass is 16.3. The van der Waals surface area contributed by atoms with Gasteiger partial charge in [0.2, 0.25) is 0 Å². The number of hydrogen-bond donors (Lipinski definition) is 2. The molecule has 90 valence electrons. The van der Waals surface area contributed by atoms with Gasteiger partial charge in [-0.1, -0.05) is 26.7 Å². The van der Waals surface area contributed by atoms with E-state index in [0.717, 1.165) is 11.8 Å². The molecule has 0 bridgehead atoms. The summed E-state index contributed by atoms with van der Waals surface area (Å²) in [7, 11) is 0. The molecule has 0 spiro atoms. The van der Waals surface area contributed by atoms with Gasteiger partial charge in [0.1, 0.15) is 0 Å². The molecule has 0 heterocycles. The minimum Gasteiger partial charge on any atom is -0.389 e. The van der Waals surface area contributed by atoms with Gasteiger partial charge in [0.15, 0.2) is 0 Å². The van der Waals surface area contributed by atoms with E-state index in [0.29, 0.717) is 12.6 Å². The van der Waals surface area contributed by atoms with E-state index in [4.69, 9.17) is 0 Å². The van der Waals surface area contributed by atoms with E-state index in [2.05, 4.69) is 19.2 Å². The van der Waals surface area contributed by atoms with Crippen LogP contribution in [0.1, 0.15) is 53.4 Å². The Morgan fingerprint density at radius 3 is 2.53 bits per heavy atom. The summed E-state index contributed by atoms with van der Waals surface area (Å²) in [5, 5.41) is 13.2. The average Bonchev–Trinajstić information content (AvgIpc) is 2.14. The van der Waals surface area contributed by atoms with E-state index in [9.17, 15) is 5.11 Å². The maximum Gasteiger partial charge on any atom is 0.0715 e. The highest BCUT2D eigenvalue weighted by molar-refractivity contribution is 4.81. The van der Waals surface area contributed by atoms with Crippen molar-refractivity contribution < 1.29 is 5.11 Å². The summed E-state index contributed by atoms with van der Waals surface area (Å²) in [5.74, 6) is 1.68. The van der Waals surface area contributed by atoms with Crippen LogP contribution < -0.4 is 5.32 Å². The fourth-order valence-electron chi connectivity index (χ4n) is 2.41. The first-order chi connectivity index (χ1) is 6.88. The molecule has 0 radical (unpaired) electrons. The van der Waals surface area contributed by atoms with Crippen molar-refractivity contribution in [2.45, 2.75) is 65.0 Å². The van der Waals surface area contributed by atoms with Gasteiger partial charge >= 0.3 is 0 Å². The lowest BCUT2D eigenvalue weighted by molar-refractivity contribution is 0.0719. The summed E-state index contributed by atoms with van der Waals surface area (Å²) >= 11 is 0. The van der Waals surface area contributed by atoms with Crippen LogP contribution in [0.2, 0.25) is 0 Å². The normalized spacial score (nSPS) is 28.4. The Bertz CT molecular complexity index is 183. The van der Waals surface area contributed by atoms with Crippen molar-refractivity contribution in [1.82, 2.24) is 5.32 Å². The third-order valence-corrected chi connectivity index (χ3v) is 3.48. The van der Waals surface area contributed by atoms with E-state index in [1.54, 1.807) is 0 Å². The van der Waals surface area contributed by atoms with Crippen molar-refractivity contribution in [2.24, 2.45) is 11.8 Å². The average molecular weight is 213 g/mol. The lowest BCUT2D eigenvalue weighted by Gasteiger charge is -2.33. The zero-order valence-corrected chi connectivity index (χ0v) is 10.7. The molecular weight excluding hydrogens is 186 g/mol. The van der Waals surface area contributed by atoms with Gasteiger partial charge in [-0.2, -0.15) is 0 Å². The fourth-order valence-corrected chi connectivity index (χ4v) is 2.41. The Kier molecular flexibility index (Phi) is 4.60. The fraction of sp³-hybridized carbons (Fsp3) is 1.00. The van der Waals surface area contributed by atoms with E-state index in [-0.39, 0.29) is 0 Å². The van der Waals surface area contributed by atoms with Gasteiger partial charge in [0.05, 0.1) is 5.60 Å². The molecule has 1 saturated carbocycles. The summed E-state index contributed by atoms with van der Waals surface area (Å²) in [6.07, 6.45) is 5.29. The first-order valence-electron chi connectivity index (χ1n) is 6.34. The van der Waals surface area contributed by atoms with Crippen molar-refractivity contribution in [3.63, 3.8) is 0 Å².